The predicted molar refractivity (Wildman–Crippen MR) is 109 cm³/mol. The number of aliphatic hydroxyl groups excluding tert-OH is 1. The van der Waals surface area contributed by atoms with E-state index in [0.29, 0.717) is 13.0 Å². The Balaban J connectivity index is 2.40. The summed E-state index contributed by atoms with van der Waals surface area (Å²) in [6, 6.07) is 21.3. The molecule has 1 atom stereocenters. The molecule has 1 unspecified atom stereocenters. The Morgan fingerprint density at radius 1 is 1.00 bits per heavy atom. The van der Waals surface area contributed by atoms with Crippen LogP contribution >= 0.6 is 0 Å². The average Bonchev–Trinajstić information content (AvgIpc) is 2.62. The highest BCUT2D eigenvalue weighted by Gasteiger charge is 2.49. The van der Waals surface area contributed by atoms with Crippen molar-refractivity contribution in [2.45, 2.75) is 44.8 Å². The summed E-state index contributed by atoms with van der Waals surface area (Å²) in [5, 5.41) is 12.3. The zero-order valence-corrected chi connectivity index (χ0v) is 16.6. The Morgan fingerprint density at radius 2 is 1.48 bits per heavy atom. The van der Waals surface area contributed by atoms with Crippen LogP contribution in [0.2, 0.25) is 5.04 Å². The largest absolute Gasteiger partial charge is 0.407 e. The Kier molecular flexibility index (Phi) is 6.76. The minimum atomic E-state index is -2.44. The van der Waals surface area contributed by atoms with E-state index >= 15 is 0 Å². The van der Waals surface area contributed by atoms with Gasteiger partial charge in [-0.15, -0.1) is 6.58 Å². The maximum atomic E-state index is 9.72. The molecule has 2 aromatic rings. The molecular weight excluding hydrogens is 324 g/mol. The highest BCUT2D eigenvalue weighted by Crippen LogP contribution is 2.36. The molecule has 0 amide bonds. The quantitative estimate of drug-likeness (QED) is 0.443. The van der Waals surface area contributed by atoms with E-state index in [2.05, 4.69) is 88.0 Å². The van der Waals surface area contributed by atoms with Gasteiger partial charge in [-0.2, -0.15) is 0 Å². The molecule has 0 aromatic heterocycles. The van der Waals surface area contributed by atoms with Crippen molar-refractivity contribution < 1.29 is 9.53 Å². The molecule has 3 heteroatoms. The van der Waals surface area contributed by atoms with Gasteiger partial charge in [-0.05, 0) is 28.3 Å². The van der Waals surface area contributed by atoms with Gasteiger partial charge in [0.2, 0.25) is 0 Å². The van der Waals surface area contributed by atoms with E-state index in [1.807, 2.05) is 0 Å². The van der Waals surface area contributed by atoms with Crippen LogP contribution in [0.1, 0.15) is 33.6 Å². The Morgan fingerprint density at radius 3 is 1.88 bits per heavy atom. The lowest BCUT2D eigenvalue weighted by atomic mass is 10.2. The lowest BCUT2D eigenvalue weighted by Gasteiger charge is -2.43. The number of benzene rings is 2. The molecule has 2 rings (SSSR count). The molecule has 134 valence electrons. The maximum absolute atomic E-state index is 9.72. The van der Waals surface area contributed by atoms with Crippen molar-refractivity contribution in [1.82, 2.24) is 0 Å². The first-order valence-corrected chi connectivity index (χ1v) is 10.9. The van der Waals surface area contributed by atoms with E-state index in [4.69, 9.17) is 4.43 Å². The third kappa shape index (κ3) is 4.49. The summed E-state index contributed by atoms with van der Waals surface area (Å²) in [4.78, 5) is 0. The minimum Gasteiger partial charge on any atom is -0.407 e. The summed E-state index contributed by atoms with van der Waals surface area (Å²) >= 11 is 0. The van der Waals surface area contributed by atoms with Crippen molar-refractivity contribution in [2.75, 3.05) is 6.61 Å². The van der Waals surface area contributed by atoms with Crippen LogP contribution < -0.4 is 10.4 Å². The van der Waals surface area contributed by atoms with Crippen molar-refractivity contribution in [1.29, 1.82) is 0 Å². The summed E-state index contributed by atoms with van der Waals surface area (Å²) in [7, 11) is -2.44. The van der Waals surface area contributed by atoms with Gasteiger partial charge >= 0.3 is 0 Å². The molecule has 0 aliphatic rings. The third-order valence-electron chi connectivity index (χ3n) is 4.65. The molecule has 0 saturated heterocycles. The molecule has 0 radical (unpaired) electrons. The minimum absolute atomic E-state index is 0.00718. The molecule has 0 saturated carbocycles. The van der Waals surface area contributed by atoms with Crippen molar-refractivity contribution in [3.05, 3.63) is 73.3 Å². The third-order valence-corrected chi connectivity index (χ3v) is 9.69. The SMILES string of the molecule is C=CC(O)CCCO[Si](c1ccccc1)(c1ccccc1)C(C)(C)C. The summed E-state index contributed by atoms with van der Waals surface area (Å²) in [5.41, 5.74) is 0. The lowest BCUT2D eigenvalue weighted by Crippen LogP contribution is -2.66. The van der Waals surface area contributed by atoms with Crippen LogP contribution in [0.4, 0.5) is 0 Å². The highest BCUT2D eigenvalue weighted by molar-refractivity contribution is 6.99. The Bertz CT molecular complexity index is 607. The Labute approximate surface area is 153 Å². The summed E-state index contributed by atoms with van der Waals surface area (Å²) in [6.07, 6.45) is 2.63. The number of hydrogen-bond donors (Lipinski definition) is 1. The summed E-state index contributed by atoms with van der Waals surface area (Å²) in [5.74, 6) is 0. The number of aliphatic hydroxyl groups is 1. The second kappa shape index (κ2) is 8.61. The van der Waals surface area contributed by atoms with Crippen molar-refractivity contribution in [3.8, 4) is 0 Å². The standard InChI is InChI=1S/C22H30O2Si/c1-5-19(23)13-12-18-24-25(22(2,3)4,20-14-8-6-9-15-20)21-16-10-7-11-17-21/h5-11,14-17,19,23H,1,12-13,18H2,2-4H3. The fourth-order valence-electron chi connectivity index (χ4n) is 3.40. The fraction of sp³-hybridized carbons (Fsp3) is 0.364. The molecule has 0 aliphatic heterocycles. The van der Waals surface area contributed by atoms with E-state index < -0.39 is 14.4 Å². The van der Waals surface area contributed by atoms with Gasteiger partial charge in [-0.25, -0.2) is 0 Å². The van der Waals surface area contributed by atoms with Crippen LogP contribution in [-0.2, 0) is 4.43 Å². The van der Waals surface area contributed by atoms with E-state index in [0.717, 1.165) is 6.42 Å². The molecule has 2 aromatic carbocycles. The average molecular weight is 355 g/mol. The van der Waals surface area contributed by atoms with Gasteiger partial charge in [0, 0.05) is 6.61 Å². The molecule has 2 nitrogen and oxygen atoms in total. The maximum Gasteiger partial charge on any atom is 0.261 e. The predicted octanol–water partition coefficient (Wildman–Crippen LogP) is 3.89. The smallest absolute Gasteiger partial charge is 0.261 e. The van der Waals surface area contributed by atoms with Crippen LogP contribution in [0.25, 0.3) is 0 Å². The van der Waals surface area contributed by atoms with Gasteiger partial charge in [-0.1, -0.05) is 87.5 Å². The van der Waals surface area contributed by atoms with E-state index in [1.165, 1.54) is 10.4 Å². The zero-order chi connectivity index (χ0) is 18.3. The van der Waals surface area contributed by atoms with Crippen molar-refractivity contribution in [2.24, 2.45) is 0 Å². The van der Waals surface area contributed by atoms with Crippen LogP contribution in [0.5, 0.6) is 0 Å². The van der Waals surface area contributed by atoms with Crippen LogP contribution in [0, 0.1) is 0 Å². The highest BCUT2D eigenvalue weighted by atomic mass is 28.4. The van der Waals surface area contributed by atoms with Gasteiger partial charge in [0.25, 0.3) is 8.32 Å². The van der Waals surface area contributed by atoms with E-state index in [1.54, 1.807) is 6.08 Å². The van der Waals surface area contributed by atoms with Crippen LogP contribution in [0.15, 0.2) is 73.3 Å². The summed E-state index contributed by atoms with van der Waals surface area (Å²) in [6.45, 7) is 11.1. The second-order valence-corrected chi connectivity index (χ2v) is 11.8. The first-order chi connectivity index (χ1) is 11.9. The normalized spacial score (nSPS) is 13.4. The molecule has 1 N–H and O–H groups in total. The van der Waals surface area contributed by atoms with Gasteiger partial charge in [-0.3, -0.25) is 0 Å². The first-order valence-electron chi connectivity index (χ1n) is 8.97. The zero-order valence-electron chi connectivity index (χ0n) is 15.6. The second-order valence-electron chi connectivity index (χ2n) is 7.46. The number of rotatable bonds is 8. The topological polar surface area (TPSA) is 29.5 Å². The monoisotopic (exact) mass is 354 g/mol. The lowest BCUT2D eigenvalue weighted by molar-refractivity contribution is 0.193. The van der Waals surface area contributed by atoms with Crippen molar-refractivity contribution in [3.63, 3.8) is 0 Å². The summed E-state index contributed by atoms with van der Waals surface area (Å²) < 4.78 is 6.75. The molecule has 0 aliphatic carbocycles. The van der Waals surface area contributed by atoms with Crippen LogP contribution in [-0.4, -0.2) is 26.1 Å². The fourth-order valence-corrected chi connectivity index (χ4v) is 8.00. The molecule has 25 heavy (non-hydrogen) atoms. The molecule has 0 spiro atoms. The Hall–Kier alpha value is -1.68. The molecule has 0 bridgehead atoms. The van der Waals surface area contributed by atoms with Crippen LogP contribution in [0.3, 0.4) is 0 Å². The van der Waals surface area contributed by atoms with E-state index in [-0.39, 0.29) is 5.04 Å². The van der Waals surface area contributed by atoms with Crippen molar-refractivity contribution >= 4 is 18.7 Å². The van der Waals surface area contributed by atoms with Gasteiger partial charge in [0.05, 0.1) is 6.10 Å². The van der Waals surface area contributed by atoms with Gasteiger partial charge < -0.3 is 9.53 Å². The van der Waals surface area contributed by atoms with Gasteiger partial charge in [0.1, 0.15) is 0 Å². The molecular formula is C22H30O2Si. The molecule has 0 fully saturated rings. The van der Waals surface area contributed by atoms with Gasteiger partial charge in [0.15, 0.2) is 0 Å². The van der Waals surface area contributed by atoms with E-state index in [9.17, 15) is 5.11 Å². The molecule has 0 heterocycles. The number of hydrogen-bond acceptors (Lipinski definition) is 2. The first kappa shape index (κ1) is 19.6.